The lowest BCUT2D eigenvalue weighted by atomic mass is 9.99. The third-order valence-corrected chi connectivity index (χ3v) is 4.40. The average molecular weight is 396 g/mol. The van der Waals surface area contributed by atoms with Crippen molar-refractivity contribution >= 4 is 28.9 Å². The van der Waals surface area contributed by atoms with Crippen LogP contribution in [0.5, 0.6) is 0 Å². The summed E-state index contributed by atoms with van der Waals surface area (Å²) in [5, 5.41) is 17.2. The van der Waals surface area contributed by atoms with Crippen LogP contribution < -0.4 is 10.6 Å². The van der Waals surface area contributed by atoms with Gasteiger partial charge in [-0.25, -0.2) is 0 Å². The van der Waals surface area contributed by atoms with E-state index in [9.17, 15) is 14.9 Å². The summed E-state index contributed by atoms with van der Waals surface area (Å²) in [5.41, 5.74) is 1.88. The molecule has 0 atom stereocenters. The molecule has 0 aromatic heterocycles. The molecule has 0 heterocycles. The maximum Gasteiger partial charge on any atom is 0.292 e. The summed E-state index contributed by atoms with van der Waals surface area (Å²) in [4.78, 5) is 23.0. The van der Waals surface area contributed by atoms with E-state index in [-0.39, 0.29) is 24.0 Å². The van der Waals surface area contributed by atoms with Gasteiger partial charge in [0, 0.05) is 11.1 Å². The van der Waals surface area contributed by atoms with Crippen molar-refractivity contribution in [1.29, 1.82) is 0 Å². The van der Waals surface area contributed by atoms with Crippen molar-refractivity contribution in [3.05, 3.63) is 105 Å². The smallest absolute Gasteiger partial charge is 0.292 e. The maximum atomic E-state index is 12.4. The van der Waals surface area contributed by atoms with Crippen molar-refractivity contribution in [3.63, 3.8) is 0 Å². The van der Waals surface area contributed by atoms with E-state index in [0.29, 0.717) is 5.02 Å². The van der Waals surface area contributed by atoms with Gasteiger partial charge >= 0.3 is 0 Å². The molecule has 0 unspecified atom stereocenters. The molecule has 6 nitrogen and oxygen atoms in total. The molecule has 0 spiro atoms. The zero-order valence-corrected chi connectivity index (χ0v) is 15.6. The van der Waals surface area contributed by atoms with Crippen LogP contribution in [0.4, 0.5) is 11.4 Å². The monoisotopic (exact) mass is 395 g/mol. The second-order valence-electron chi connectivity index (χ2n) is 6.10. The summed E-state index contributed by atoms with van der Waals surface area (Å²) in [6.07, 6.45) is 0. The molecular formula is C21H18ClN3O3. The fourth-order valence-corrected chi connectivity index (χ4v) is 3.05. The van der Waals surface area contributed by atoms with Crippen LogP contribution in [0, 0.1) is 10.1 Å². The lowest BCUT2D eigenvalue weighted by Gasteiger charge is -2.19. The first kappa shape index (κ1) is 19.5. The highest BCUT2D eigenvalue weighted by molar-refractivity contribution is 6.31. The summed E-state index contributed by atoms with van der Waals surface area (Å²) in [6, 6.07) is 23.3. The highest BCUT2D eigenvalue weighted by atomic mass is 35.5. The van der Waals surface area contributed by atoms with Gasteiger partial charge in [-0.1, -0.05) is 72.3 Å². The third-order valence-electron chi connectivity index (χ3n) is 4.16. The van der Waals surface area contributed by atoms with Gasteiger partial charge in [0.25, 0.3) is 5.69 Å². The highest BCUT2D eigenvalue weighted by Crippen LogP contribution is 2.27. The Morgan fingerprint density at radius 2 is 1.54 bits per heavy atom. The Bertz CT molecular complexity index is 926. The van der Waals surface area contributed by atoms with E-state index in [1.54, 1.807) is 0 Å². The molecule has 28 heavy (non-hydrogen) atoms. The van der Waals surface area contributed by atoms with E-state index in [0.717, 1.165) is 11.1 Å². The van der Waals surface area contributed by atoms with E-state index < -0.39 is 10.8 Å². The van der Waals surface area contributed by atoms with Crippen LogP contribution in [-0.4, -0.2) is 17.4 Å². The van der Waals surface area contributed by atoms with E-state index in [1.165, 1.54) is 18.2 Å². The molecular weight excluding hydrogens is 378 g/mol. The number of benzene rings is 3. The van der Waals surface area contributed by atoms with Gasteiger partial charge in [0.2, 0.25) is 5.91 Å². The Labute approximate surface area is 167 Å². The lowest BCUT2D eigenvalue weighted by molar-refractivity contribution is -0.383. The van der Waals surface area contributed by atoms with E-state index in [1.807, 2.05) is 60.7 Å². The van der Waals surface area contributed by atoms with Gasteiger partial charge in [-0.3, -0.25) is 20.2 Å². The van der Waals surface area contributed by atoms with Gasteiger partial charge in [0.1, 0.15) is 5.69 Å². The van der Waals surface area contributed by atoms with Crippen molar-refractivity contribution in [2.45, 2.75) is 6.04 Å². The topological polar surface area (TPSA) is 84.3 Å². The Morgan fingerprint density at radius 1 is 0.964 bits per heavy atom. The summed E-state index contributed by atoms with van der Waals surface area (Å²) in [6.45, 7) is -0.0296. The quantitative estimate of drug-likeness (QED) is 0.453. The molecule has 0 saturated heterocycles. The summed E-state index contributed by atoms with van der Waals surface area (Å²) in [7, 11) is 0. The second-order valence-corrected chi connectivity index (χ2v) is 6.54. The Kier molecular flexibility index (Phi) is 6.37. The maximum absolute atomic E-state index is 12.4. The number of hydrogen-bond acceptors (Lipinski definition) is 4. The minimum absolute atomic E-state index is 0.0296. The lowest BCUT2D eigenvalue weighted by Crippen LogP contribution is -2.32. The Hall–Kier alpha value is -3.22. The molecule has 3 rings (SSSR count). The molecule has 3 aromatic rings. The first-order valence-corrected chi connectivity index (χ1v) is 8.99. The number of halogens is 1. The Balaban J connectivity index is 1.75. The molecule has 3 aromatic carbocycles. The zero-order chi connectivity index (χ0) is 19.9. The summed E-state index contributed by atoms with van der Waals surface area (Å²) < 4.78 is 0. The van der Waals surface area contributed by atoms with Crippen LogP contribution in [0.3, 0.4) is 0 Å². The summed E-state index contributed by atoms with van der Waals surface area (Å²) >= 11 is 5.90. The molecule has 0 radical (unpaired) electrons. The van der Waals surface area contributed by atoms with Gasteiger partial charge in [0.15, 0.2) is 0 Å². The highest BCUT2D eigenvalue weighted by Gasteiger charge is 2.18. The van der Waals surface area contributed by atoms with Crippen LogP contribution in [0.1, 0.15) is 17.2 Å². The molecule has 0 fully saturated rings. The van der Waals surface area contributed by atoms with Crippen molar-refractivity contribution < 1.29 is 9.72 Å². The van der Waals surface area contributed by atoms with E-state index >= 15 is 0 Å². The zero-order valence-electron chi connectivity index (χ0n) is 14.8. The van der Waals surface area contributed by atoms with E-state index in [2.05, 4.69) is 10.6 Å². The fraction of sp³-hybridized carbons (Fsp3) is 0.0952. The number of rotatable bonds is 7. The van der Waals surface area contributed by atoms with E-state index in [4.69, 9.17) is 11.6 Å². The van der Waals surface area contributed by atoms with Crippen molar-refractivity contribution in [3.8, 4) is 0 Å². The number of hydrogen-bond donors (Lipinski definition) is 2. The van der Waals surface area contributed by atoms with Gasteiger partial charge < -0.3 is 5.32 Å². The first-order chi connectivity index (χ1) is 13.5. The largest absolute Gasteiger partial charge is 0.319 e. The molecule has 0 bridgehead atoms. The van der Waals surface area contributed by atoms with Gasteiger partial charge in [0.05, 0.1) is 17.5 Å². The van der Waals surface area contributed by atoms with Gasteiger partial charge in [-0.2, -0.15) is 0 Å². The SMILES string of the molecule is O=C(CNC(c1ccccc1)c1ccccc1)Nc1cc(Cl)ccc1[N+](=O)[O-]. The second kappa shape index (κ2) is 9.12. The number of nitrogens with one attached hydrogen (secondary N) is 2. The summed E-state index contributed by atoms with van der Waals surface area (Å²) in [5.74, 6) is -0.401. The minimum Gasteiger partial charge on any atom is -0.319 e. The first-order valence-electron chi connectivity index (χ1n) is 8.61. The number of nitro groups is 1. The number of anilines is 1. The van der Waals surface area contributed by atoms with Crippen LogP contribution >= 0.6 is 11.6 Å². The standard InChI is InChI=1S/C21H18ClN3O3/c22-17-11-12-19(25(27)28)18(13-17)24-20(26)14-23-21(15-7-3-1-4-8-15)16-9-5-2-6-10-16/h1-13,21,23H,14H2,(H,24,26). The third kappa shape index (κ3) is 4.94. The molecule has 1 amide bonds. The minimum atomic E-state index is -0.559. The van der Waals surface area contributed by atoms with Gasteiger partial charge in [-0.05, 0) is 23.3 Å². The number of amides is 1. The predicted octanol–water partition coefficient (Wildman–Crippen LogP) is 4.57. The molecule has 0 aliphatic rings. The number of carbonyl (C=O) groups excluding carboxylic acids is 1. The number of nitro benzene ring substituents is 1. The van der Waals surface area contributed by atoms with Crippen LogP contribution in [0.25, 0.3) is 0 Å². The Morgan fingerprint density at radius 3 is 2.07 bits per heavy atom. The number of carbonyl (C=O) groups is 1. The van der Waals surface area contributed by atoms with Crippen molar-refractivity contribution in [1.82, 2.24) is 5.32 Å². The predicted molar refractivity (Wildman–Crippen MR) is 109 cm³/mol. The van der Waals surface area contributed by atoms with Crippen LogP contribution in [0.2, 0.25) is 5.02 Å². The molecule has 142 valence electrons. The average Bonchev–Trinajstić information content (AvgIpc) is 2.69. The van der Waals surface area contributed by atoms with Crippen LogP contribution in [-0.2, 0) is 4.79 Å². The molecule has 0 saturated carbocycles. The normalized spacial score (nSPS) is 10.6. The molecule has 0 aliphatic carbocycles. The number of nitrogens with zero attached hydrogens (tertiary/aromatic N) is 1. The van der Waals surface area contributed by atoms with Crippen molar-refractivity contribution in [2.24, 2.45) is 0 Å². The van der Waals surface area contributed by atoms with Crippen molar-refractivity contribution in [2.75, 3.05) is 11.9 Å². The molecule has 2 N–H and O–H groups in total. The van der Waals surface area contributed by atoms with Gasteiger partial charge in [-0.15, -0.1) is 0 Å². The fourth-order valence-electron chi connectivity index (χ4n) is 2.88. The molecule has 0 aliphatic heterocycles. The molecule has 7 heteroatoms. The van der Waals surface area contributed by atoms with Crippen LogP contribution in [0.15, 0.2) is 78.9 Å².